The summed E-state index contributed by atoms with van der Waals surface area (Å²) in [6.45, 7) is 7.50. The SMILES string of the molecule is CC(C)CCCn1c(-c2cn(C)c3ccccc23)nnc1N1CCN(S(C)(=O)=O)CC1. The average molecular weight is 445 g/mol. The van der Waals surface area contributed by atoms with Crippen LogP contribution in [0.1, 0.15) is 26.7 Å². The first-order chi connectivity index (χ1) is 14.8. The van der Waals surface area contributed by atoms with Crippen molar-refractivity contribution in [2.75, 3.05) is 37.3 Å². The topological polar surface area (TPSA) is 76.3 Å². The van der Waals surface area contributed by atoms with Gasteiger partial charge in [0.25, 0.3) is 0 Å². The number of aromatic nitrogens is 4. The van der Waals surface area contributed by atoms with Crippen LogP contribution in [0.25, 0.3) is 22.3 Å². The van der Waals surface area contributed by atoms with Gasteiger partial charge in [-0.3, -0.25) is 4.57 Å². The minimum Gasteiger partial charge on any atom is -0.350 e. The Bertz CT molecular complexity index is 1160. The second-order valence-electron chi connectivity index (χ2n) is 8.83. The second kappa shape index (κ2) is 8.63. The molecule has 3 heterocycles. The van der Waals surface area contributed by atoms with Crippen LogP contribution in [0.3, 0.4) is 0 Å². The Hall–Kier alpha value is -2.39. The average Bonchev–Trinajstić information content (AvgIpc) is 3.28. The summed E-state index contributed by atoms with van der Waals surface area (Å²) >= 11 is 0. The fraction of sp³-hybridized carbons (Fsp3) is 0.545. The van der Waals surface area contributed by atoms with Gasteiger partial charge in [-0.15, -0.1) is 10.2 Å². The van der Waals surface area contributed by atoms with Crippen molar-refractivity contribution in [3.63, 3.8) is 0 Å². The van der Waals surface area contributed by atoms with Crippen LogP contribution in [0.4, 0.5) is 5.95 Å². The summed E-state index contributed by atoms with van der Waals surface area (Å²) in [4.78, 5) is 2.17. The highest BCUT2D eigenvalue weighted by atomic mass is 32.2. The molecule has 0 amide bonds. The van der Waals surface area contributed by atoms with Gasteiger partial charge in [0.15, 0.2) is 5.82 Å². The first-order valence-electron chi connectivity index (χ1n) is 10.9. The fourth-order valence-electron chi connectivity index (χ4n) is 4.33. The van der Waals surface area contributed by atoms with Gasteiger partial charge >= 0.3 is 0 Å². The summed E-state index contributed by atoms with van der Waals surface area (Å²) in [5.41, 5.74) is 2.24. The Balaban J connectivity index is 1.69. The predicted octanol–water partition coefficient (Wildman–Crippen LogP) is 2.95. The van der Waals surface area contributed by atoms with E-state index in [9.17, 15) is 8.42 Å². The largest absolute Gasteiger partial charge is 0.350 e. The quantitative estimate of drug-likeness (QED) is 0.560. The van der Waals surface area contributed by atoms with Crippen LogP contribution in [-0.4, -0.2) is 64.5 Å². The standard InChI is InChI=1S/C22H32N6O2S/c1-17(2)8-7-11-28-21(19-16-25(3)20-10-6-5-9-18(19)20)23-24-22(28)26-12-14-27(15-13-26)31(4,29)30/h5-6,9-10,16-17H,7-8,11-15H2,1-4H3. The summed E-state index contributed by atoms with van der Waals surface area (Å²) in [5, 5.41) is 10.4. The van der Waals surface area contributed by atoms with E-state index in [1.807, 2.05) is 6.07 Å². The first kappa shape index (κ1) is 21.8. The van der Waals surface area contributed by atoms with Gasteiger partial charge in [-0.25, -0.2) is 8.42 Å². The lowest BCUT2D eigenvalue weighted by atomic mass is 10.1. The molecule has 1 fully saturated rings. The smallest absolute Gasteiger partial charge is 0.227 e. The van der Waals surface area contributed by atoms with Gasteiger partial charge in [0.2, 0.25) is 16.0 Å². The van der Waals surface area contributed by atoms with E-state index in [-0.39, 0.29) is 0 Å². The van der Waals surface area contributed by atoms with Crippen LogP contribution in [-0.2, 0) is 23.6 Å². The van der Waals surface area contributed by atoms with E-state index in [2.05, 4.69) is 69.5 Å². The van der Waals surface area contributed by atoms with E-state index in [1.165, 1.54) is 10.6 Å². The third-order valence-electron chi connectivity index (χ3n) is 6.02. The second-order valence-corrected chi connectivity index (χ2v) is 10.8. The van der Waals surface area contributed by atoms with Gasteiger partial charge < -0.3 is 9.47 Å². The molecule has 0 bridgehead atoms. The molecule has 1 saturated heterocycles. The summed E-state index contributed by atoms with van der Waals surface area (Å²) in [6.07, 6.45) is 5.58. The van der Waals surface area contributed by atoms with Crippen molar-refractivity contribution in [3.8, 4) is 11.4 Å². The number of anilines is 1. The molecule has 0 saturated carbocycles. The number of hydrogen-bond donors (Lipinski definition) is 0. The van der Waals surface area contributed by atoms with Crippen molar-refractivity contribution in [1.82, 2.24) is 23.6 Å². The number of nitrogens with zero attached hydrogens (tertiary/aromatic N) is 6. The van der Waals surface area contributed by atoms with Crippen molar-refractivity contribution in [1.29, 1.82) is 0 Å². The van der Waals surface area contributed by atoms with Crippen LogP contribution in [0.5, 0.6) is 0 Å². The van der Waals surface area contributed by atoms with E-state index in [4.69, 9.17) is 0 Å². The molecule has 168 valence electrons. The molecule has 31 heavy (non-hydrogen) atoms. The highest BCUT2D eigenvalue weighted by Gasteiger charge is 2.27. The van der Waals surface area contributed by atoms with E-state index in [1.54, 1.807) is 0 Å². The number of sulfonamides is 1. The maximum absolute atomic E-state index is 11.9. The van der Waals surface area contributed by atoms with Crippen molar-refractivity contribution in [2.24, 2.45) is 13.0 Å². The lowest BCUT2D eigenvalue weighted by Crippen LogP contribution is -2.49. The van der Waals surface area contributed by atoms with Crippen LogP contribution in [0, 0.1) is 5.92 Å². The van der Waals surface area contributed by atoms with Crippen LogP contribution < -0.4 is 4.90 Å². The third kappa shape index (κ3) is 4.48. The maximum Gasteiger partial charge on any atom is 0.227 e. The van der Waals surface area contributed by atoms with E-state index in [0.717, 1.165) is 47.6 Å². The molecule has 3 aromatic rings. The fourth-order valence-corrected chi connectivity index (χ4v) is 5.16. The van der Waals surface area contributed by atoms with Gasteiger partial charge in [-0.05, 0) is 24.8 Å². The van der Waals surface area contributed by atoms with Gasteiger partial charge in [-0.2, -0.15) is 4.31 Å². The first-order valence-corrected chi connectivity index (χ1v) is 12.8. The number of rotatable bonds is 7. The van der Waals surface area contributed by atoms with Crippen LogP contribution >= 0.6 is 0 Å². The maximum atomic E-state index is 11.9. The molecular weight excluding hydrogens is 412 g/mol. The number of benzene rings is 1. The molecular formula is C22H32N6O2S. The molecule has 1 aliphatic heterocycles. The molecule has 0 radical (unpaired) electrons. The molecule has 0 N–H and O–H groups in total. The molecule has 8 nitrogen and oxygen atoms in total. The van der Waals surface area contributed by atoms with Gasteiger partial charge in [0.1, 0.15) is 0 Å². The predicted molar refractivity (Wildman–Crippen MR) is 125 cm³/mol. The zero-order valence-electron chi connectivity index (χ0n) is 18.8. The molecule has 0 aliphatic carbocycles. The van der Waals surface area contributed by atoms with E-state index >= 15 is 0 Å². The normalized spacial score (nSPS) is 16.0. The number of piperazine rings is 1. The number of fused-ring (bicyclic) bond motifs is 1. The Morgan fingerprint density at radius 1 is 1.06 bits per heavy atom. The molecule has 0 atom stereocenters. The lowest BCUT2D eigenvalue weighted by molar-refractivity contribution is 0.383. The van der Waals surface area contributed by atoms with Crippen molar-refractivity contribution < 1.29 is 8.42 Å². The summed E-state index contributed by atoms with van der Waals surface area (Å²) < 4.78 is 29.7. The highest BCUT2D eigenvalue weighted by Crippen LogP contribution is 2.31. The minimum atomic E-state index is -3.16. The number of aryl methyl sites for hydroxylation is 1. The zero-order valence-corrected chi connectivity index (χ0v) is 19.6. The van der Waals surface area contributed by atoms with Gasteiger partial charge in [-0.1, -0.05) is 32.0 Å². The lowest BCUT2D eigenvalue weighted by Gasteiger charge is -2.33. The van der Waals surface area contributed by atoms with Gasteiger partial charge in [0, 0.05) is 62.4 Å². The Labute approximate surface area is 184 Å². The summed E-state index contributed by atoms with van der Waals surface area (Å²) in [6, 6.07) is 8.34. The van der Waals surface area contributed by atoms with E-state index < -0.39 is 10.0 Å². The summed E-state index contributed by atoms with van der Waals surface area (Å²) in [5.74, 6) is 2.35. The third-order valence-corrected chi connectivity index (χ3v) is 7.33. The number of hydrogen-bond acceptors (Lipinski definition) is 5. The van der Waals surface area contributed by atoms with Gasteiger partial charge in [0.05, 0.1) is 6.26 Å². The monoisotopic (exact) mass is 444 g/mol. The molecule has 4 rings (SSSR count). The van der Waals surface area contributed by atoms with Crippen molar-refractivity contribution >= 4 is 26.9 Å². The van der Waals surface area contributed by atoms with Crippen LogP contribution in [0.2, 0.25) is 0 Å². The molecule has 0 spiro atoms. The van der Waals surface area contributed by atoms with Crippen molar-refractivity contribution in [2.45, 2.75) is 33.2 Å². The molecule has 0 unspecified atom stereocenters. The molecule has 1 aliphatic rings. The summed E-state index contributed by atoms with van der Waals surface area (Å²) in [7, 11) is -1.11. The Morgan fingerprint density at radius 2 is 1.77 bits per heavy atom. The number of para-hydroxylation sites is 1. The van der Waals surface area contributed by atoms with Crippen molar-refractivity contribution in [3.05, 3.63) is 30.5 Å². The molecule has 1 aromatic carbocycles. The minimum absolute atomic E-state index is 0.474. The highest BCUT2D eigenvalue weighted by molar-refractivity contribution is 7.88. The Morgan fingerprint density at radius 3 is 2.45 bits per heavy atom. The Kier molecular flexibility index (Phi) is 6.07. The molecule has 2 aromatic heterocycles. The van der Waals surface area contributed by atoms with Crippen LogP contribution in [0.15, 0.2) is 30.5 Å². The van der Waals surface area contributed by atoms with E-state index in [0.29, 0.717) is 32.1 Å². The molecule has 9 heteroatoms. The zero-order chi connectivity index (χ0) is 22.2.